The van der Waals surface area contributed by atoms with Crippen LogP contribution in [0.2, 0.25) is 0 Å². The summed E-state index contributed by atoms with van der Waals surface area (Å²) in [6, 6.07) is 2.71. The minimum absolute atomic E-state index is 0.0205. The lowest BCUT2D eigenvalue weighted by molar-refractivity contribution is -0.282. The van der Waals surface area contributed by atoms with Gasteiger partial charge in [0.15, 0.2) is 5.60 Å². The quantitative estimate of drug-likeness (QED) is 0.848. The lowest BCUT2D eigenvalue weighted by Crippen LogP contribution is -2.55. The van der Waals surface area contributed by atoms with Gasteiger partial charge in [0.05, 0.1) is 12.2 Å². The van der Waals surface area contributed by atoms with E-state index in [0.29, 0.717) is 6.07 Å². The highest BCUT2D eigenvalue weighted by molar-refractivity contribution is 5.92. The molecular formula is C15H17F5N2O2. The largest absolute Gasteiger partial charge is 0.417 e. The number of piperidine rings is 1. The number of alkyl halides is 3. The van der Waals surface area contributed by atoms with Gasteiger partial charge in [0.1, 0.15) is 11.6 Å². The number of benzene rings is 1. The fraction of sp³-hybridized carbons (Fsp3) is 0.533. The average molecular weight is 352 g/mol. The molecule has 0 spiro atoms. The summed E-state index contributed by atoms with van der Waals surface area (Å²) in [6.07, 6.45) is -5.05. The third kappa shape index (κ3) is 4.02. The first-order chi connectivity index (χ1) is 11.2. The van der Waals surface area contributed by atoms with Gasteiger partial charge in [-0.15, -0.1) is 0 Å². The van der Waals surface area contributed by atoms with Crippen LogP contribution in [-0.2, 0) is 9.53 Å². The van der Waals surface area contributed by atoms with E-state index in [2.05, 4.69) is 10.1 Å². The Hall–Kier alpha value is -1.74. The Bertz CT molecular complexity index is 598. The molecule has 0 aromatic heterocycles. The summed E-state index contributed by atoms with van der Waals surface area (Å²) in [4.78, 5) is 13.4. The maximum Gasteiger partial charge on any atom is 0.417 e. The second-order valence-electron chi connectivity index (χ2n) is 5.64. The summed E-state index contributed by atoms with van der Waals surface area (Å²) < 4.78 is 70.1. The van der Waals surface area contributed by atoms with Gasteiger partial charge in [-0.3, -0.25) is 9.69 Å². The van der Waals surface area contributed by atoms with E-state index < -0.39 is 29.3 Å². The van der Waals surface area contributed by atoms with E-state index in [0.717, 1.165) is 19.2 Å². The van der Waals surface area contributed by atoms with Crippen LogP contribution in [0.1, 0.15) is 12.8 Å². The van der Waals surface area contributed by atoms with Crippen molar-refractivity contribution in [1.29, 1.82) is 0 Å². The summed E-state index contributed by atoms with van der Waals surface area (Å²) in [5.74, 6) is -2.28. The number of carbonyl (C=O) groups excluding carboxylic acids is 1. The third-order valence-electron chi connectivity index (χ3n) is 4.14. The number of nitrogens with zero attached hydrogens (tertiary/aromatic N) is 1. The number of nitrogens with one attached hydrogen (secondary N) is 1. The Morgan fingerprint density at radius 1 is 1.29 bits per heavy atom. The first kappa shape index (κ1) is 18.6. The lowest BCUT2D eigenvalue weighted by atomic mass is 9.90. The molecule has 1 N–H and O–H groups in total. The number of ether oxygens (including phenoxy) is 1. The summed E-state index contributed by atoms with van der Waals surface area (Å²) in [5, 5.41) is 2.27. The molecule has 0 aliphatic carbocycles. The molecule has 0 saturated carbocycles. The second-order valence-corrected chi connectivity index (χ2v) is 5.64. The molecule has 1 aliphatic rings. The van der Waals surface area contributed by atoms with Gasteiger partial charge in [0, 0.05) is 26.3 Å². The van der Waals surface area contributed by atoms with Crippen molar-refractivity contribution in [3.05, 3.63) is 29.8 Å². The molecule has 2 rings (SSSR count). The van der Waals surface area contributed by atoms with Crippen molar-refractivity contribution in [2.45, 2.75) is 24.6 Å². The standard InChI is InChI=1S/C15H17F5N2O2/c1-24-14(15(18,19)20)4-6-22(7-5-14)9-13(23)21-12-3-2-10(16)8-11(12)17/h2-3,8H,4-7,9H2,1H3,(H,21,23). The number of likely N-dealkylation sites (tertiary alicyclic amines) is 1. The van der Waals surface area contributed by atoms with Crippen molar-refractivity contribution >= 4 is 11.6 Å². The van der Waals surface area contributed by atoms with Crippen LogP contribution in [-0.4, -0.2) is 49.3 Å². The Morgan fingerprint density at radius 2 is 1.92 bits per heavy atom. The predicted octanol–water partition coefficient (Wildman–Crippen LogP) is 2.95. The zero-order chi connectivity index (χ0) is 18.0. The molecule has 1 amide bonds. The highest BCUT2D eigenvalue weighted by Gasteiger charge is 2.56. The number of carbonyl (C=O) groups is 1. The average Bonchev–Trinajstić information content (AvgIpc) is 2.50. The zero-order valence-corrected chi connectivity index (χ0v) is 12.9. The molecule has 9 heteroatoms. The van der Waals surface area contributed by atoms with Crippen LogP contribution in [0.4, 0.5) is 27.6 Å². The van der Waals surface area contributed by atoms with Gasteiger partial charge >= 0.3 is 6.18 Å². The molecule has 1 aliphatic heterocycles. The molecule has 1 aromatic carbocycles. The molecule has 1 saturated heterocycles. The van der Waals surface area contributed by atoms with Gasteiger partial charge in [0.2, 0.25) is 5.91 Å². The van der Waals surface area contributed by atoms with Gasteiger partial charge in [0.25, 0.3) is 0 Å². The highest BCUT2D eigenvalue weighted by atomic mass is 19.4. The molecule has 134 valence electrons. The van der Waals surface area contributed by atoms with Crippen LogP contribution >= 0.6 is 0 Å². The Labute approximate surface area is 135 Å². The minimum Gasteiger partial charge on any atom is -0.369 e. The molecule has 24 heavy (non-hydrogen) atoms. The van der Waals surface area contributed by atoms with Gasteiger partial charge < -0.3 is 10.1 Å². The van der Waals surface area contributed by atoms with E-state index in [1.165, 1.54) is 4.90 Å². The molecule has 0 bridgehead atoms. The predicted molar refractivity (Wildman–Crippen MR) is 76.5 cm³/mol. The van der Waals surface area contributed by atoms with Gasteiger partial charge in [-0.2, -0.15) is 13.2 Å². The van der Waals surface area contributed by atoms with E-state index >= 15 is 0 Å². The summed E-state index contributed by atoms with van der Waals surface area (Å²) in [5.41, 5.74) is -2.37. The normalized spacial score (nSPS) is 18.4. The smallest absolute Gasteiger partial charge is 0.369 e. The van der Waals surface area contributed by atoms with Crippen molar-refractivity contribution in [1.82, 2.24) is 4.90 Å². The van der Waals surface area contributed by atoms with E-state index in [1.807, 2.05) is 0 Å². The second kappa shape index (κ2) is 7.02. The number of hydrogen-bond acceptors (Lipinski definition) is 3. The number of hydrogen-bond donors (Lipinski definition) is 1. The maximum atomic E-state index is 13.5. The van der Waals surface area contributed by atoms with Crippen LogP contribution in [0.5, 0.6) is 0 Å². The van der Waals surface area contributed by atoms with Crippen LogP contribution in [0.3, 0.4) is 0 Å². The zero-order valence-electron chi connectivity index (χ0n) is 12.9. The fourth-order valence-corrected chi connectivity index (χ4v) is 2.66. The molecule has 1 heterocycles. The number of amides is 1. The molecule has 1 aromatic rings. The van der Waals surface area contributed by atoms with E-state index in [4.69, 9.17) is 0 Å². The van der Waals surface area contributed by atoms with E-state index in [1.54, 1.807) is 0 Å². The number of rotatable bonds is 4. The topological polar surface area (TPSA) is 41.6 Å². The van der Waals surface area contributed by atoms with Crippen molar-refractivity contribution in [2.24, 2.45) is 0 Å². The SMILES string of the molecule is COC1(C(F)(F)F)CCN(CC(=O)Nc2ccc(F)cc2F)CC1. The maximum absolute atomic E-state index is 13.5. The summed E-state index contributed by atoms with van der Waals surface area (Å²) in [6.45, 7) is -0.145. The summed E-state index contributed by atoms with van der Waals surface area (Å²) >= 11 is 0. The number of halogens is 5. The van der Waals surface area contributed by atoms with Crippen molar-refractivity contribution in [2.75, 3.05) is 32.1 Å². The first-order valence-electron chi connectivity index (χ1n) is 7.26. The molecule has 0 unspecified atom stereocenters. The molecular weight excluding hydrogens is 335 g/mol. The van der Waals surface area contributed by atoms with Crippen LogP contribution in [0, 0.1) is 11.6 Å². The molecule has 0 atom stereocenters. The third-order valence-corrected chi connectivity index (χ3v) is 4.14. The molecule has 0 radical (unpaired) electrons. The Kier molecular flexibility index (Phi) is 5.44. The van der Waals surface area contributed by atoms with Crippen LogP contribution < -0.4 is 5.32 Å². The van der Waals surface area contributed by atoms with Gasteiger partial charge in [-0.1, -0.05) is 0 Å². The summed E-state index contributed by atoms with van der Waals surface area (Å²) in [7, 11) is 1.02. The van der Waals surface area contributed by atoms with Crippen molar-refractivity contribution < 1.29 is 31.5 Å². The minimum atomic E-state index is -4.48. The van der Waals surface area contributed by atoms with Crippen molar-refractivity contribution in [3.63, 3.8) is 0 Å². The highest BCUT2D eigenvalue weighted by Crippen LogP contribution is 2.41. The van der Waals surface area contributed by atoms with Crippen LogP contribution in [0.15, 0.2) is 18.2 Å². The van der Waals surface area contributed by atoms with Gasteiger partial charge in [-0.05, 0) is 25.0 Å². The molecule has 4 nitrogen and oxygen atoms in total. The van der Waals surface area contributed by atoms with E-state index in [-0.39, 0.29) is 38.2 Å². The Balaban J connectivity index is 1.90. The lowest BCUT2D eigenvalue weighted by Gasteiger charge is -2.41. The van der Waals surface area contributed by atoms with E-state index in [9.17, 15) is 26.7 Å². The monoisotopic (exact) mass is 352 g/mol. The number of anilines is 1. The molecule has 1 fully saturated rings. The Morgan fingerprint density at radius 3 is 2.42 bits per heavy atom. The van der Waals surface area contributed by atoms with Gasteiger partial charge in [-0.25, -0.2) is 8.78 Å². The van der Waals surface area contributed by atoms with Crippen molar-refractivity contribution in [3.8, 4) is 0 Å². The number of methoxy groups -OCH3 is 1. The fourth-order valence-electron chi connectivity index (χ4n) is 2.66. The first-order valence-corrected chi connectivity index (χ1v) is 7.26. The van der Waals surface area contributed by atoms with Crippen LogP contribution in [0.25, 0.3) is 0 Å².